The van der Waals surface area contributed by atoms with Crippen molar-refractivity contribution in [2.75, 3.05) is 6.61 Å². The highest BCUT2D eigenvalue weighted by atomic mass is 16.5. The maximum atomic E-state index is 11.6. The van der Waals surface area contributed by atoms with Crippen LogP contribution in [-0.2, 0) is 16.1 Å². The molecule has 21 heavy (non-hydrogen) atoms. The average Bonchev–Trinajstić information content (AvgIpc) is 2.79. The molecule has 114 valence electrons. The number of carbonyl (C=O) groups is 1. The molecule has 1 unspecified atom stereocenters. The van der Waals surface area contributed by atoms with E-state index in [4.69, 9.17) is 14.9 Å². The molecular weight excluding hydrogens is 272 g/mol. The van der Waals surface area contributed by atoms with E-state index in [1.165, 1.54) is 0 Å². The number of rotatable bonds is 6. The Morgan fingerprint density at radius 2 is 2.19 bits per heavy atom. The van der Waals surface area contributed by atoms with Crippen LogP contribution in [0.15, 0.2) is 27.4 Å². The molecule has 1 aromatic heterocycles. The van der Waals surface area contributed by atoms with Crippen LogP contribution in [0.2, 0.25) is 0 Å². The van der Waals surface area contributed by atoms with Gasteiger partial charge in [0.1, 0.15) is 0 Å². The van der Waals surface area contributed by atoms with Gasteiger partial charge >= 0.3 is 11.7 Å². The summed E-state index contributed by atoms with van der Waals surface area (Å²) >= 11 is 0. The predicted molar refractivity (Wildman–Crippen MR) is 78.9 cm³/mol. The Bertz CT molecular complexity index is 687. The zero-order valence-corrected chi connectivity index (χ0v) is 12.3. The summed E-state index contributed by atoms with van der Waals surface area (Å²) in [4.78, 5) is 23.0. The van der Waals surface area contributed by atoms with Gasteiger partial charge in [-0.25, -0.2) is 4.79 Å². The molecule has 0 fully saturated rings. The molecule has 0 saturated carbocycles. The Kier molecular flexibility index (Phi) is 4.80. The molecule has 1 aromatic carbocycles. The molecule has 0 spiro atoms. The highest BCUT2D eigenvalue weighted by molar-refractivity contribution is 5.74. The van der Waals surface area contributed by atoms with Crippen LogP contribution < -0.4 is 11.5 Å². The summed E-state index contributed by atoms with van der Waals surface area (Å²) in [5.41, 5.74) is 8.18. The predicted octanol–water partition coefficient (Wildman–Crippen LogP) is 1.96. The maximum Gasteiger partial charge on any atom is 0.419 e. The summed E-state index contributed by atoms with van der Waals surface area (Å²) in [5, 5.41) is 0. The van der Waals surface area contributed by atoms with Crippen molar-refractivity contribution in [1.29, 1.82) is 0 Å². The maximum absolute atomic E-state index is 11.6. The third kappa shape index (κ3) is 3.33. The molecule has 0 radical (unpaired) electrons. The number of hydrogen-bond acceptors (Lipinski definition) is 5. The zero-order valence-electron chi connectivity index (χ0n) is 12.3. The van der Waals surface area contributed by atoms with Crippen LogP contribution in [0.4, 0.5) is 0 Å². The number of aryl methyl sites for hydroxylation is 1. The minimum Gasteiger partial charge on any atom is -0.466 e. The van der Waals surface area contributed by atoms with Crippen LogP contribution in [0, 0.1) is 0 Å². The molecule has 1 atom stereocenters. The number of carbonyl (C=O) groups excluding carboxylic acids is 1. The van der Waals surface area contributed by atoms with Crippen LogP contribution in [0.25, 0.3) is 11.1 Å². The molecule has 0 saturated heterocycles. The van der Waals surface area contributed by atoms with Gasteiger partial charge < -0.3 is 14.9 Å². The molecule has 0 aliphatic carbocycles. The first-order valence-electron chi connectivity index (χ1n) is 7.11. The summed E-state index contributed by atoms with van der Waals surface area (Å²) < 4.78 is 11.6. The number of fused-ring (bicyclic) bond motifs is 1. The molecule has 2 aromatic rings. The molecule has 0 amide bonds. The summed E-state index contributed by atoms with van der Waals surface area (Å²) in [5.74, 6) is -0.623. The van der Waals surface area contributed by atoms with Crippen LogP contribution in [-0.4, -0.2) is 17.1 Å². The standard InChI is InChI=1S/C15H20N2O4/c1-3-17-12-7-5-10(9-13(12)21-15(17)19)11(16)6-8-14(18)20-4-2/h5,7,9,11H,3-4,6,8,16H2,1-2H3. The number of esters is 1. The molecule has 6 heteroatoms. The Hall–Kier alpha value is -2.08. The average molecular weight is 292 g/mol. The molecule has 6 nitrogen and oxygen atoms in total. The first kappa shape index (κ1) is 15.3. The normalized spacial score (nSPS) is 12.5. The van der Waals surface area contributed by atoms with Crippen molar-refractivity contribution in [2.45, 2.75) is 39.3 Å². The van der Waals surface area contributed by atoms with Crippen LogP contribution in [0.1, 0.15) is 38.3 Å². The number of aromatic nitrogens is 1. The lowest BCUT2D eigenvalue weighted by atomic mass is 10.0. The lowest BCUT2D eigenvalue weighted by molar-refractivity contribution is -0.143. The highest BCUT2D eigenvalue weighted by Crippen LogP contribution is 2.21. The second-order valence-corrected chi connectivity index (χ2v) is 4.79. The van der Waals surface area contributed by atoms with Gasteiger partial charge in [0.15, 0.2) is 5.58 Å². The van der Waals surface area contributed by atoms with Crippen molar-refractivity contribution in [3.8, 4) is 0 Å². The van der Waals surface area contributed by atoms with Crippen LogP contribution in [0.3, 0.4) is 0 Å². The van der Waals surface area contributed by atoms with E-state index in [0.29, 0.717) is 25.2 Å². The number of benzene rings is 1. The van der Waals surface area contributed by atoms with E-state index in [1.54, 1.807) is 17.6 Å². The summed E-state index contributed by atoms with van der Waals surface area (Å²) in [6.45, 7) is 4.58. The van der Waals surface area contributed by atoms with Gasteiger partial charge in [0.2, 0.25) is 0 Å². The molecular formula is C15H20N2O4. The van der Waals surface area contributed by atoms with Crippen LogP contribution >= 0.6 is 0 Å². The number of nitrogens with zero attached hydrogens (tertiary/aromatic N) is 1. The Labute approximate surface area is 122 Å². The molecule has 0 aliphatic rings. The van der Waals surface area contributed by atoms with Gasteiger partial charge in [-0.15, -0.1) is 0 Å². The van der Waals surface area contributed by atoms with Gasteiger partial charge in [-0.05, 0) is 38.0 Å². The van der Waals surface area contributed by atoms with Gasteiger partial charge in [-0.3, -0.25) is 9.36 Å². The summed E-state index contributed by atoms with van der Waals surface area (Å²) in [6, 6.07) is 5.15. The first-order chi connectivity index (χ1) is 10.1. The smallest absolute Gasteiger partial charge is 0.419 e. The monoisotopic (exact) mass is 292 g/mol. The number of nitrogens with two attached hydrogens (primary N) is 1. The van der Waals surface area contributed by atoms with E-state index in [2.05, 4.69) is 0 Å². The van der Waals surface area contributed by atoms with E-state index in [-0.39, 0.29) is 24.2 Å². The van der Waals surface area contributed by atoms with E-state index in [1.807, 2.05) is 19.1 Å². The topological polar surface area (TPSA) is 87.5 Å². The fraction of sp³-hybridized carbons (Fsp3) is 0.467. The minimum absolute atomic E-state index is 0.252. The van der Waals surface area contributed by atoms with E-state index in [0.717, 1.165) is 11.1 Å². The second-order valence-electron chi connectivity index (χ2n) is 4.79. The van der Waals surface area contributed by atoms with Gasteiger partial charge in [0, 0.05) is 19.0 Å². The van der Waals surface area contributed by atoms with Crippen molar-refractivity contribution in [2.24, 2.45) is 5.73 Å². The van der Waals surface area contributed by atoms with Crippen molar-refractivity contribution in [3.05, 3.63) is 34.3 Å². The van der Waals surface area contributed by atoms with Crippen molar-refractivity contribution < 1.29 is 13.9 Å². The van der Waals surface area contributed by atoms with E-state index >= 15 is 0 Å². The molecule has 0 aliphatic heterocycles. The third-order valence-electron chi connectivity index (χ3n) is 3.40. The van der Waals surface area contributed by atoms with Crippen molar-refractivity contribution in [3.63, 3.8) is 0 Å². The zero-order chi connectivity index (χ0) is 15.4. The SMILES string of the molecule is CCOC(=O)CCC(N)c1ccc2c(c1)oc(=O)n2CC. The van der Waals surface area contributed by atoms with Crippen LogP contribution in [0.5, 0.6) is 0 Å². The Morgan fingerprint density at radius 3 is 2.86 bits per heavy atom. The molecule has 2 rings (SSSR count). The van der Waals surface area contributed by atoms with Gasteiger partial charge in [0.05, 0.1) is 12.1 Å². The first-order valence-corrected chi connectivity index (χ1v) is 7.11. The number of hydrogen-bond donors (Lipinski definition) is 1. The molecule has 2 N–H and O–H groups in total. The number of ether oxygens (including phenoxy) is 1. The van der Waals surface area contributed by atoms with E-state index < -0.39 is 0 Å². The van der Waals surface area contributed by atoms with Crippen molar-refractivity contribution in [1.82, 2.24) is 4.57 Å². The molecule has 0 bridgehead atoms. The van der Waals surface area contributed by atoms with Gasteiger partial charge in [-0.1, -0.05) is 6.07 Å². The third-order valence-corrected chi connectivity index (χ3v) is 3.40. The second kappa shape index (κ2) is 6.58. The van der Waals surface area contributed by atoms with E-state index in [9.17, 15) is 9.59 Å². The largest absolute Gasteiger partial charge is 0.466 e. The fourth-order valence-corrected chi connectivity index (χ4v) is 2.29. The minimum atomic E-state index is -0.371. The lowest BCUT2D eigenvalue weighted by Crippen LogP contribution is -2.14. The summed E-state index contributed by atoms with van der Waals surface area (Å²) in [7, 11) is 0. The Balaban J connectivity index is 2.15. The van der Waals surface area contributed by atoms with Crippen molar-refractivity contribution >= 4 is 17.1 Å². The molecule has 1 heterocycles. The quantitative estimate of drug-likeness (QED) is 0.822. The van der Waals surface area contributed by atoms with Gasteiger partial charge in [0.25, 0.3) is 0 Å². The Morgan fingerprint density at radius 1 is 1.43 bits per heavy atom. The number of oxazole rings is 1. The summed E-state index contributed by atoms with van der Waals surface area (Å²) in [6.07, 6.45) is 0.760. The highest BCUT2D eigenvalue weighted by Gasteiger charge is 2.13. The fourth-order valence-electron chi connectivity index (χ4n) is 2.29. The van der Waals surface area contributed by atoms with Gasteiger partial charge in [-0.2, -0.15) is 0 Å². The lowest BCUT2D eigenvalue weighted by Gasteiger charge is -2.11.